The lowest BCUT2D eigenvalue weighted by molar-refractivity contribution is -0.493. The molecule has 0 N–H and O–H groups in total. The van der Waals surface area contributed by atoms with Gasteiger partial charge in [0.05, 0.1) is 6.61 Å². The zero-order valence-corrected chi connectivity index (χ0v) is 12.8. The van der Waals surface area contributed by atoms with Gasteiger partial charge in [0.2, 0.25) is 6.54 Å². The van der Waals surface area contributed by atoms with Crippen molar-refractivity contribution >= 4 is 0 Å². The highest BCUT2D eigenvalue weighted by Crippen LogP contribution is 2.10. The Morgan fingerprint density at radius 2 is 1.89 bits per heavy atom. The predicted molar refractivity (Wildman–Crippen MR) is 78.9 cm³/mol. The number of hydrogen-bond donors (Lipinski definition) is 0. The monoisotopic (exact) mass is 269 g/mol. The predicted octanol–water partition coefficient (Wildman–Crippen LogP) is 4.00. The minimum absolute atomic E-state index is 0.123. The van der Waals surface area contributed by atoms with Crippen LogP contribution in [0.3, 0.4) is 0 Å². The van der Waals surface area contributed by atoms with Crippen molar-refractivity contribution in [1.82, 2.24) is 0 Å². The van der Waals surface area contributed by atoms with Gasteiger partial charge in [-0.25, -0.2) is 0 Å². The third kappa shape index (κ3) is 10.4. The van der Waals surface area contributed by atoms with Gasteiger partial charge in [0.1, 0.15) is 6.10 Å². The Morgan fingerprint density at radius 1 is 1.26 bits per heavy atom. The Kier molecular flexibility index (Phi) is 9.13. The summed E-state index contributed by atoms with van der Waals surface area (Å²) >= 11 is 0. The van der Waals surface area contributed by atoms with Crippen molar-refractivity contribution in [2.75, 3.05) is 13.2 Å². The fraction of sp³-hybridized carbons (Fsp3) is 0.733. The molecule has 0 aliphatic heterocycles. The number of nitrogens with zero attached hydrogens (tertiary/aromatic N) is 1. The summed E-state index contributed by atoms with van der Waals surface area (Å²) in [6.07, 6.45) is 5.97. The quantitative estimate of drug-likeness (QED) is 0.361. The third-order valence-electron chi connectivity index (χ3n) is 2.91. The third-order valence-corrected chi connectivity index (χ3v) is 2.91. The molecule has 1 atom stereocenters. The minimum Gasteiger partial charge on any atom is -0.367 e. The maximum Gasteiger partial charge on any atom is 0.229 e. The van der Waals surface area contributed by atoms with Crippen LogP contribution in [0.25, 0.3) is 0 Å². The molecule has 0 amide bonds. The Bertz CT molecular complexity index is 328. The summed E-state index contributed by atoms with van der Waals surface area (Å²) in [5, 5.41) is 10.5. The second-order valence-corrected chi connectivity index (χ2v) is 5.50. The second-order valence-electron chi connectivity index (χ2n) is 5.50. The van der Waals surface area contributed by atoms with Gasteiger partial charge in [-0.3, -0.25) is 10.1 Å². The van der Waals surface area contributed by atoms with E-state index in [1.54, 1.807) is 0 Å². The lowest BCUT2D eigenvalue weighted by atomic mass is 10.1. The molecule has 110 valence electrons. The van der Waals surface area contributed by atoms with Crippen LogP contribution < -0.4 is 0 Å². The number of ether oxygens (including phenoxy) is 1. The normalized spacial score (nSPS) is 13.5. The van der Waals surface area contributed by atoms with Crippen molar-refractivity contribution in [1.29, 1.82) is 0 Å². The van der Waals surface area contributed by atoms with E-state index in [4.69, 9.17) is 4.74 Å². The molecule has 0 saturated heterocycles. The Balaban J connectivity index is 4.08. The lowest BCUT2D eigenvalue weighted by Gasteiger charge is -2.16. The van der Waals surface area contributed by atoms with Gasteiger partial charge in [0.15, 0.2) is 0 Å². The summed E-state index contributed by atoms with van der Waals surface area (Å²) < 4.78 is 5.58. The van der Waals surface area contributed by atoms with Crippen LogP contribution >= 0.6 is 0 Å². The summed E-state index contributed by atoms with van der Waals surface area (Å²) in [5.74, 6) is 0.157. The molecule has 0 aliphatic carbocycles. The number of nitro groups is 1. The van der Waals surface area contributed by atoms with Crippen LogP contribution in [-0.2, 0) is 4.74 Å². The molecule has 4 heteroatoms. The summed E-state index contributed by atoms with van der Waals surface area (Å²) in [4.78, 5) is 10.2. The van der Waals surface area contributed by atoms with Gasteiger partial charge in [-0.05, 0) is 39.5 Å². The second kappa shape index (κ2) is 9.73. The lowest BCUT2D eigenvalue weighted by Crippen LogP contribution is -2.28. The van der Waals surface area contributed by atoms with Gasteiger partial charge < -0.3 is 4.74 Å². The first-order valence-electron chi connectivity index (χ1n) is 6.85. The molecule has 0 bridgehead atoms. The van der Waals surface area contributed by atoms with Crippen LogP contribution in [0.1, 0.15) is 47.5 Å². The van der Waals surface area contributed by atoms with Crippen LogP contribution in [0.2, 0.25) is 0 Å². The van der Waals surface area contributed by atoms with Gasteiger partial charge in [0.25, 0.3) is 0 Å². The van der Waals surface area contributed by atoms with Crippen LogP contribution in [0.4, 0.5) is 0 Å². The summed E-state index contributed by atoms with van der Waals surface area (Å²) in [6, 6.07) is 0. The molecule has 0 heterocycles. The molecular formula is C15H27NO3. The SMILES string of the molecule is CC(C)=CCC/C(C)=C/COC(C[N+](=O)[O-])C(C)C. The van der Waals surface area contributed by atoms with E-state index in [0.29, 0.717) is 6.61 Å². The molecule has 0 radical (unpaired) electrons. The molecule has 0 aliphatic rings. The first-order valence-corrected chi connectivity index (χ1v) is 6.85. The smallest absolute Gasteiger partial charge is 0.229 e. The van der Waals surface area contributed by atoms with Crippen molar-refractivity contribution in [2.24, 2.45) is 5.92 Å². The van der Waals surface area contributed by atoms with E-state index in [0.717, 1.165) is 12.8 Å². The highest BCUT2D eigenvalue weighted by atomic mass is 16.6. The Morgan fingerprint density at radius 3 is 2.37 bits per heavy atom. The largest absolute Gasteiger partial charge is 0.367 e. The van der Waals surface area contributed by atoms with Crippen molar-refractivity contribution in [3.63, 3.8) is 0 Å². The highest BCUT2D eigenvalue weighted by molar-refractivity contribution is 5.02. The molecular weight excluding hydrogens is 242 g/mol. The summed E-state index contributed by atoms with van der Waals surface area (Å²) in [6.45, 7) is 10.5. The highest BCUT2D eigenvalue weighted by Gasteiger charge is 2.19. The van der Waals surface area contributed by atoms with Gasteiger partial charge in [-0.15, -0.1) is 0 Å². The molecule has 0 aromatic heterocycles. The van der Waals surface area contributed by atoms with Crippen LogP contribution in [0, 0.1) is 16.0 Å². The maximum absolute atomic E-state index is 10.5. The van der Waals surface area contributed by atoms with E-state index in [1.165, 1.54) is 11.1 Å². The first kappa shape index (κ1) is 17.8. The molecule has 1 unspecified atom stereocenters. The Labute approximate surface area is 116 Å². The van der Waals surface area contributed by atoms with Gasteiger partial charge in [0, 0.05) is 4.92 Å². The molecule has 0 saturated carbocycles. The fourth-order valence-electron chi connectivity index (χ4n) is 1.61. The van der Waals surface area contributed by atoms with Gasteiger partial charge in [-0.1, -0.05) is 37.1 Å². The van der Waals surface area contributed by atoms with Crippen molar-refractivity contribution in [3.05, 3.63) is 33.4 Å². The number of hydrogen-bond acceptors (Lipinski definition) is 3. The number of rotatable bonds is 9. The van der Waals surface area contributed by atoms with Crippen LogP contribution in [0.5, 0.6) is 0 Å². The van der Waals surface area contributed by atoms with E-state index in [9.17, 15) is 10.1 Å². The molecule has 0 spiro atoms. The fourth-order valence-corrected chi connectivity index (χ4v) is 1.61. The first-order chi connectivity index (χ1) is 8.82. The zero-order chi connectivity index (χ0) is 14.8. The molecule has 4 nitrogen and oxygen atoms in total. The van der Waals surface area contributed by atoms with E-state index in [2.05, 4.69) is 26.8 Å². The van der Waals surface area contributed by atoms with Gasteiger partial charge in [-0.2, -0.15) is 0 Å². The van der Waals surface area contributed by atoms with E-state index in [-0.39, 0.29) is 23.5 Å². The number of allylic oxidation sites excluding steroid dienone is 3. The standard InChI is InChI=1S/C15H27NO3/c1-12(2)7-6-8-14(5)9-10-19-15(13(3)4)11-16(17)18/h7,9,13,15H,6,8,10-11H2,1-5H3/b14-9+. The summed E-state index contributed by atoms with van der Waals surface area (Å²) in [7, 11) is 0. The van der Waals surface area contributed by atoms with E-state index >= 15 is 0 Å². The molecule has 19 heavy (non-hydrogen) atoms. The Hall–Kier alpha value is -1.16. The van der Waals surface area contributed by atoms with Gasteiger partial charge >= 0.3 is 0 Å². The average molecular weight is 269 g/mol. The van der Waals surface area contributed by atoms with E-state index in [1.807, 2.05) is 19.9 Å². The molecule has 0 aromatic rings. The molecule has 0 rings (SSSR count). The zero-order valence-electron chi connectivity index (χ0n) is 12.8. The van der Waals surface area contributed by atoms with Crippen molar-refractivity contribution in [2.45, 2.75) is 53.6 Å². The average Bonchev–Trinajstić information content (AvgIpc) is 2.26. The topological polar surface area (TPSA) is 52.4 Å². The molecule has 0 aromatic carbocycles. The van der Waals surface area contributed by atoms with Crippen LogP contribution in [0.15, 0.2) is 23.3 Å². The molecule has 0 fully saturated rings. The van der Waals surface area contributed by atoms with E-state index < -0.39 is 0 Å². The van der Waals surface area contributed by atoms with Crippen molar-refractivity contribution in [3.8, 4) is 0 Å². The maximum atomic E-state index is 10.5. The summed E-state index contributed by atoms with van der Waals surface area (Å²) in [5.41, 5.74) is 2.59. The minimum atomic E-state index is -0.309. The van der Waals surface area contributed by atoms with Crippen LogP contribution in [-0.4, -0.2) is 24.2 Å². The van der Waals surface area contributed by atoms with Crippen molar-refractivity contribution < 1.29 is 9.66 Å².